The monoisotopic (exact) mass is 474 g/mol. The first kappa shape index (κ1) is 30.2. The van der Waals surface area contributed by atoms with Crippen molar-refractivity contribution in [2.24, 2.45) is 11.3 Å². The Morgan fingerprint density at radius 1 is 0.886 bits per heavy atom. The van der Waals surface area contributed by atoms with Crippen LogP contribution in [0.5, 0.6) is 0 Å². The van der Waals surface area contributed by atoms with E-state index in [4.69, 9.17) is 5.11 Å². The predicted octanol–water partition coefficient (Wildman–Crippen LogP) is 9.63. The fourth-order valence-electron chi connectivity index (χ4n) is 4.57. The van der Waals surface area contributed by atoms with Crippen molar-refractivity contribution in [2.45, 2.75) is 81.1 Å². The topological polar surface area (TPSA) is 37.3 Å². The van der Waals surface area contributed by atoms with E-state index >= 15 is 0 Å². The Balaban J connectivity index is 2.71. The summed E-state index contributed by atoms with van der Waals surface area (Å²) in [5.74, 6) is -0.0660. The number of rotatable bonds is 11. The van der Waals surface area contributed by atoms with Crippen molar-refractivity contribution < 1.29 is 9.90 Å². The van der Waals surface area contributed by atoms with Crippen LogP contribution in [0.25, 0.3) is 0 Å². The van der Waals surface area contributed by atoms with E-state index in [2.05, 4.69) is 78.0 Å². The molecule has 0 saturated carbocycles. The first-order chi connectivity index (χ1) is 16.5. The molecule has 0 fully saturated rings. The molecule has 0 heterocycles. The van der Waals surface area contributed by atoms with Gasteiger partial charge in [0.15, 0.2) is 0 Å². The second kappa shape index (κ2) is 15.2. The number of carboxylic acids is 1. The number of hydrogen-bond donors (Lipinski definition) is 1. The third-order valence-corrected chi connectivity index (χ3v) is 6.38. The van der Waals surface area contributed by atoms with E-state index in [0.29, 0.717) is 5.57 Å². The molecule has 1 aliphatic rings. The molecule has 0 bridgehead atoms. The molecule has 1 aliphatic carbocycles. The molecule has 0 radical (unpaired) electrons. The van der Waals surface area contributed by atoms with Crippen LogP contribution < -0.4 is 0 Å². The molecular formula is C33H46O2. The molecule has 1 atom stereocenters. The van der Waals surface area contributed by atoms with Gasteiger partial charge in [-0.1, -0.05) is 129 Å². The third-order valence-electron chi connectivity index (χ3n) is 6.38. The molecule has 0 spiro atoms. The molecule has 190 valence electrons. The summed E-state index contributed by atoms with van der Waals surface area (Å²) in [4.78, 5) is 10.8. The molecule has 0 saturated heterocycles. The lowest BCUT2D eigenvalue weighted by Gasteiger charge is -2.38. The Bertz CT molecular complexity index is 998. The maximum absolute atomic E-state index is 10.8. The van der Waals surface area contributed by atoms with Gasteiger partial charge >= 0.3 is 5.97 Å². The third kappa shape index (κ3) is 11.9. The summed E-state index contributed by atoms with van der Waals surface area (Å²) in [5.41, 5.74) is 7.09. The van der Waals surface area contributed by atoms with Crippen molar-refractivity contribution in [3.8, 4) is 0 Å². The summed E-state index contributed by atoms with van der Waals surface area (Å²) in [6.45, 7) is 17.2. The summed E-state index contributed by atoms with van der Waals surface area (Å²) in [6, 6.07) is 0. The van der Waals surface area contributed by atoms with Crippen LogP contribution in [-0.4, -0.2) is 11.1 Å². The lowest BCUT2D eigenvalue weighted by molar-refractivity contribution is -0.132. The normalized spacial score (nSPS) is 20.9. The molecule has 2 nitrogen and oxygen atoms in total. The van der Waals surface area contributed by atoms with Gasteiger partial charge in [-0.15, -0.1) is 0 Å². The van der Waals surface area contributed by atoms with Crippen LogP contribution in [0, 0.1) is 11.3 Å². The van der Waals surface area contributed by atoms with Crippen LogP contribution in [-0.2, 0) is 4.79 Å². The fraction of sp³-hybridized carbons (Fsp3) is 0.424. The van der Waals surface area contributed by atoms with Gasteiger partial charge in [0.25, 0.3) is 0 Å². The maximum atomic E-state index is 10.8. The molecule has 35 heavy (non-hydrogen) atoms. The SMILES string of the molecule is CCCC1CC(C)=C(C=CC(C)=CC=CC(C)=CC=CC=C(C)C=CC=C(C)C(=O)O)C(C)(C)C1. The quantitative estimate of drug-likeness (QED) is 0.239. The van der Waals surface area contributed by atoms with Gasteiger partial charge < -0.3 is 5.11 Å². The maximum Gasteiger partial charge on any atom is 0.331 e. The molecule has 0 aliphatic heterocycles. The molecule has 1 N–H and O–H groups in total. The molecule has 0 aromatic rings. The zero-order valence-electron chi connectivity index (χ0n) is 23.2. The summed E-state index contributed by atoms with van der Waals surface area (Å²) in [5, 5.41) is 8.85. The van der Waals surface area contributed by atoms with E-state index in [1.165, 1.54) is 42.4 Å². The molecular weight excluding hydrogens is 428 g/mol. The lowest BCUT2D eigenvalue weighted by Crippen LogP contribution is -2.25. The Labute approximate surface area is 214 Å². The van der Waals surface area contributed by atoms with Gasteiger partial charge in [-0.25, -0.2) is 4.79 Å². The van der Waals surface area contributed by atoms with Crippen LogP contribution in [0.1, 0.15) is 81.1 Å². The van der Waals surface area contributed by atoms with Gasteiger partial charge in [-0.05, 0) is 64.4 Å². The lowest BCUT2D eigenvalue weighted by atomic mass is 9.67. The summed E-state index contributed by atoms with van der Waals surface area (Å²) in [6.07, 6.45) is 29.4. The van der Waals surface area contributed by atoms with Crippen LogP contribution >= 0.6 is 0 Å². The summed E-state index contributed by atoms with van der Waals surface area (Å²) >= 11 is 0. The van der Waals surface area contributed by atoms with Gasteiger partial charge in [-0.2, -0.15) is 0 Å². The average Bonchev–Trinajstić information content (AvgIpc) is 2.75. The predicted molar refractivity (Wildman–Crippen MR) is 153 cm³/mol. The van der Waals surface area contributed by atoms with Crippen molar-refractivity contribution in [1.29, 1.82) is 0 Å². The Hall–Kier alpha value is -2.87. The van der Waals surface area contributed by atoms with Crippen LogP contribution in [0.15, 0.2) is 106 Å². The van der Waals surface area contributed by atoms with Crippen LogP contribution in [0.4, 0.5) is 0 Å². The molecule has 1 rings (SSSR count). The fourth-order valence-corrected chi connectivity index (χ4v) is 4.57. The first-order valence-corrected chi connectivity index (χ1v) is 12.8. The van der Waals surface area contributed by atoms with E-state index in [-0.39, 0.29) is 5.41 Å². The van der Waals surface area contributed by atoms with E-state index in [0.717, 1.165) is 11.5 Å². The number of hydrogen-bond acceptors (Lipinski definition) is 1. The van der Waals surface area contributed by atoms with Crippen molar-refractivity contribution >= 4 is 5.97 Å². The van der Waals surface area contributed by atoms with Crippen LogP contribution in [0.3, 0.4) is 0 Å². The van der Waals surface area contributed by atoms with E-state index in [1.807, 2.05) is 31.2 Å². The van der Waals surface area contributed by atoms with E-state index < -0.39 is 5.97 Å². The first-order valence-electron chi connectivity index (χ1n) is 12.8. The summed E-state index contributed by atoms with van der Waals surface area (Å²) in [7, 11) is 0. The Morgan fingerprint density at radius 2 is 1.40 bits per heavy atom. The largest absolute Gasteiger partial charge is 0.478 e. The van der Waals surface area contributed by atoms with Crippen molar-refractivity contribution in [1.82, 2.24) is 0 Å². The average molecular weight is 475 g/mol. The highest BCUT2D eigenvalue weighted by atomic mass is 16.4. The highest BCUT2D eigenvalue weighted by Crippen LogP contribution is 2.45. The Morgan fingerprint density at radius 3 is 1.91 bits per heavy atom. The van der Waals surface area contributed by atoms with Crippen LogP contribution in [0.2, 0.25) is 0 Å². The van der Waals surface area contributed by atoms with E-state index in [1.54, 1.807) is 24.6 Å². The van der Waals surface area contributed by atoms with Gasteiger partial charge in [0.1, 0.15) is 0 Å². The smallest absolute Gasteiger partial charge is 0.331 e. The van der Waals surface area contributed by atoms with Gasteiger partial charge in [-0.3, -0.25) is 0 Å². The standard InChI is InChI=1S/C33H46O2/c1-9-14-30-23-29(6)31(33(7,8)24-30)22-21-27(4)18-12-17-25(2)15-10-11-16-26(3)19-13-20-28(5)32(34)35/h10-13,15-22,30H,9,14,23-24H2,1-8H3,(H,34,35). The van der Waals surface area contributed by atoms with Gasteiger partial charge in [0.2, 0.25) is 0 Å². The molecule has 1 unspecified atom stereocenters. The van der Waals surface area contributed by atoms with E-state index in [9.17, 15) is 4.79 Å². The molecule has 0 aromatic heterocycles. The van der Waals surface area contributed by atoms with Gasteiger partial charge in [0.05, 0.1) is 0 Å². The van der Waals surface area contributed by atoms with Crippen molar-refractivity contribution in [3.05, 3.63) is 106 Å². The molecule has 2 heteroatoms. The summed E-state index contributed by atoms with van der Waals surface area (Å²) < 4.78 is 0. The zero-order valence-corrected chi connectivity index (χ0v) is 23.2. The highest BCUT2D eigenvalue weighted by molar-refractivity contribution is 5.86. The highest BCUT2D eigenvalue weighted by Gasteiger charge is 2.31. The minimum atomic E-state index is -0.896. The van der Waals surface area contributed by atoms with Crippen molar-refractivity contribution in [3.63, 3.8) is 0 Å². The number of carboxylic acid groups (broad SMARTS) is 1. The zero-order chi connectivity index (χ0) is 26.4. The Kier molecular flexibility index (Phi) is 13.1. The number of allylic oxidation sites excluding steroid dienone is 17. The molecule has 0 amide bonds. The van der Waals surface area contributed by atoms with Crippen molar-refractivity contribution in [2.75, 3.05) is 0 Å². The second-order valence-electron chi connectivity index (χ2n) is 10.5. The molecule has 0 aromatic carbocycles. The van der Waals surface area contributed by atoms with Gasteiger partial charge in [0, 0.05) is 5.57 Å². The minimum Gasteiger partial charge on any atom is -0.478 e. The number of aliphatic carboxylic acids is 1. The number of carbonyl (C=O) groups is 1. The second-order valence-corrected chi connectivity index (χ2v) is 10.5. The minimum absolute atomic E-state index is 0.247.